The highest BCUT2D eigenvalue weighted by atomic mass is 35.6. The Bertz CT molecular complexity index is 551. The van der Waals surface area contributed by atoms with Gasteiger partial charge in [0, 0.05) is 5.56 Å². The van der Waals surface area contributed by atoms with Crippen LogP contribution in [0.15, 0.2) is 35.0 Å². The highest BCUT2D eigenvalue weighted by Gasteiger charge is 2.32. The van der Waals surface area contributed by atoms with Crippen LogP contribution >= 0.6 is 34.8 Å². The van der Waals surface area contributed by atoms with Crippen molar-refractivity contribution in [1.82, 2.24) is 10.3 Å². The summed E-state index contributed by atoms with van der Waals surface area (Å²) in [5.74, 6) is -0.738. The van der Waals surface area contributed by atoms with Crippen LogP contribution in [-0.4, -0.2) is 20.0 Å². The van der Waals surface area contributed by atoms with Crippen molar-refractivity contribution in [3.05, 3.63) is 30.3 Å². The first-order chi connectivity index (χ1) is 8.48. The first-order valence-corrected chi connectivity index (χ1v) is 5.88. The quantitative estimate of drug-likeness (QED) is 0.866. The normalized spacial score (nSPS) is 11.3. The molecule has 0 aliphatic carbocycles. The number of aromatic nitrogens is 2. The lowest BCUT2D eigenvalue weighted by Gasteiger charge is -2.09. The van der Waals surface area contributed by atoms with Gasteiger partial charge in [0.2, 0.25) is 5.82 Å². The number of hydrogen-bond donors (Lipinski definition) is 1. The molecule has 1 amide bonds. The van der Waals surface area contributed by atoms with Crippen molar-refractivity contribution in [3.63, 3.8) is 0 Å². The van der Waals surface area contributed by atoms with Crippen molar-refractivity contribution in [2.45, 2.75) is 3.79 Å². The van der Waals surface area contributed by atoms with Crippen LogP contribution < -0.4 is 5.32 Å². The van der Waals surface area contributed by atoms with Crippen LogP contribution in [0.1, 0.15) is 0 Å². The van der Waals surface area contributed by atoms with E-state index in [1.807, 2.05) is 18.2 Å². The van der Waals surface area contributed by atoms with E-state index in [9.17, 15) is 4.79 Å². The summed E-state index contributed by atoms with van der Waals surface area (Å²) in [6, 6.07) is 9.03. The SMILES string of the molecule is O=C(Nc1nonc1-c1ccccc1)C(Cl)(Cl)Cl. The minimum Gasteiger partial charge on any atom is -0.302 e. The van der Waals surface area contributed by atoms with Crippen LogP contribution in [0.25, 0.3) is 11.3 Å². The van der Waals surface area contributed by atoms with Gasteiger partial charge in [0.05, 0.1) is 0 Å². The molecule has 0 bridgehead atoms. The maximum absolute atomic E-state index is 11.5. The van der Waals surface area contributed by atoms with Gasteiger partial charge in [0.1, 0.15) is 0 Å². The van der Waals surface area contributed by atoms with E-state index < -0.39 is 9.70 Å². The molecule has 0 unspecified atom stereocenters. The van der Waals surface area contributed by atoms with E-state index >= 15 is 0 Å². The number of anilines is 1. The Balaban J connectivity index is 2.27. The van der Waals surface area contributed by atoms with Gasteiger partial charge in [-0.05, 0) is 10.3 Å². The molecule has 8 heteroatoms. The molecule has 1 aromatic carbocycles. The molecule has 1 heterocycles. The van der Waals surface area contributed by atoms with Gasteiger partial charge in [-0.1, -0.05) is 65.1 Å². The molecule has 1 N–H and O–H groups in total. The maximum Gasteiger partial charge on any atom is 0.277 e. The lowest BCUT2D eigenvalue weighted by molar-refractivity contribution is -0.115. The number of rotatable bonds is 2. The van der Waals surface area contributed by atoms with E-state index in [-0.39, 0.29) is 5.82 Å². The van der Waals surface area contributed by atoms with Gasteiger partial charge in [-0.3, -0.25) is 4.79 Å². The van der Waals surface area contributed by atoms with Crippen molar-refractivity contribution in [3.8, 4) is 11.3 Å². The van der Waals surface area contributed by atoms with Gasteiger partial charge in [-0.15, -0.1) is 0 Å². The predicted octanol–water partition coefficient (Wildman–Crippen LogP) is 3.05. The smallest absolute Gasteiger partial charge is 0.277 e. The van der Waals surface area contributed by atoms with E-state index in [0.717, 1.165) is 5.56 Å². The van der Waals surface area contributed by atoms with Crippen LogP contribution in [0.2, 0.25) is 0 Å². The molecule has 2 aromatic rings. The first-order valence-electron chi connectivity index (χ1n) is 4.74. The van der Waals surface area contributed by atoms with E-state index in [4.69, 9.17) is 34.8 Å². The van der Waals surface area contributed by atoms with Crippen LogP contribution in [0.5, 0.6) is 0 Å². The Labute approximate surface area is 117 Å². The molecule has 0 radical (unpaired) electrons. The number of carbonyl (C=O) groups is 1. The third-order valence-electron chi connectivity index (χ3n) is 2.03. The zero-order chi connectivity index (χ0) is 13.2. The summed E-state index contributed by atoms with van der Waals surface area (Å²) in [4.78, 5) is 11.5. The van der Waals surface area contributed by atoms with Crippen molar-refractivity contribution in [1.29, 1.82) is 0 Å². The van der Waals surface area contributed by atoms with E-state index in [1.54, 1.807) is 12.1 Å². The Morgan fingerprint density at radius 1 is 1.17 bits per heavy atom. The topological polar surface area (TPSA) is 68.0 Å². The lowest BCUT2D eigenvalue weighted by atomic mass is 10.1. The van der Waals surface area contributed by atoms with Crippen molar-refractivity contribution in [2.75, 3.05) is 5.32 Å². The number of nitrogens with one attached hydrogen (secondary N) is 1. The number of benzene rings is 1. The minimum atomic E-state index is -2.08. The fourth-order valence-corrected chi connectivity index (χ4v) is 1.38. The number of nitrogens with zero attached hydrogens (tertiary/aromatic N) is 2. The first kappa shape index (κ1) is 13.1. The molecule has 2 rings (SSSR count). The van der Waals surface area contributed by atoms with Crippen LogP contribution in [-0.2, 0) is 4.79 Å². The summed E-state index contributed by atoms with van der Waals surface area (Å²) >= 11 is 16.3. The standard InChI is InChI=1S/C10H6Cl3N3O2/c11-10(12,13)9(17)14-8-7(15-18-16-8)6-4-2-1-3-5-6/h1-5H,(H,14,16,17). The maximum atomic E-state index is 11.5. The predicted molar refractivity (Wildman–Crippen MR) is 68.7 cm³/mol. The zero-order valence-corrected chi connectivity index (χ0v) is 11.0. The molecular formula is C10H6Cl3N3O2. The minimum absolute atomic E-state index is 0.0949. The van der Waals surface area contributed by atoms with Gasteiger partial charge in [-0.25, -0.2) is 4.63 Å². The summed E-state index contributed by atoms with van der Waals surface area (Å²) in [5.41, 5.74) is 1.08. The molecule has 1 aromatic heterocycles. The molecule has 0 spiro atoms. The number of halogens is 3. The Morgan fingerprint density at radius 2 is 1.83 bits per heavy atom. The van der Waals surface area contributed by atoms with E-state index in [1.165, 1.54) is 0 Å². The van der Waals surface area contributed by atoms with Crippen LogP contribution in [0.4, 0.5) is 5.82 Å². The molecule has 0 aliphatic rings. The largest absolute Gasteiger partial charge is 0.302 e. The number of carbonyl (C=O) groups excluding carboxylic acids is 1. The van der Waals surface area contributed by atoms with Gasteiger partial charge in [-0.2, -0.15) is 0 Å². The third-order valence-corrected chi connectivity index (χ3v) is 2.54. The molecular weight excluding hydrogens is 300 g/mol. The average Bonchev–Trinajstić information content (AvgIpc) is 2.77. The van der Waals surface area contributed by atoms with Crippen molar-refractivity contribution < 1.29 is 9.42 Å². The molecule has 94 valence electrons. The van der Waals surface area contributed by atoms with Gasteiger partial charge in [0.25, 0.3) is 9.70 Å². The molecule has 0 fully saturated rings. The van der Waals surface area contributed by atoms with E-state index in [2.05, 4.69) is 20.3 Å². The Morgan fingerprint density at radius 3 is 2.44 bits per heavy atom. The summed E-state index contributed by atoms with van der Waals surface area (Å²) in [6.07, 6.45) is 0. The Hall–Kier alpha value is -1.30. The van der Waals surface area contributed by atoms with Crippen LogP contribution in [0.3, 0.4) is 0 Å². The summed E-state index contributed by atoms with van der Waals surface area (Å²) in [5, 5.41) is 9.57. The highest BCUT2D eigenvalue weighted by Crippen LogP contribution is 2.29. The third kappa shape index (κ3) is 2.93. The van der Waals surface area contributed by atoms with Gasteiger partial charge >= 0.3 is 0 Å². The van der Waals surface area contributed by atoms with Crippen molar-refractivity contribution >= 4 is 46.5 Å². The number of hydrogen-bond acceptors (Lipinski definition) is 4. The fraction of sp³-hybridized carbons (Fsp3) is 0.100. The average molecular weight is 307 g/mol. The number of alkyl halides is 3. The molecule has 0 atom stereocenters. The highest BCUT2D eigenvalue weighted by molar-refractivity contribution is 6.76. The van der Waals surface area contributed by atoms with Crippen molar-refractivity contribution in [2.24, 2.45) is 0 Å². The summed E-state index contributed by atoms with van der Waals surface area (Å²) in [6.45, 7) is 0. The molecule has 0 aliphatic heterocycles. The molecule has 0 saturated carbocycles. The second kappa shape index (κ2) is 5.14. The van der Waals surface area contributed by atoms with Gasteiger partial charge in [0.15, 0.2) is 5.69 Å². The number of amides is 1. The molecule has 18 heavy (non-hydrogen) atoms. The second-order valence-corrected chi connectivity index (χ2v) is 5.56. The Kier molecular flexibility index (Phi) is 3.75. The molecule has 0 saturated heterocycles. The second-order valence-electron chi connectivity index (χ2n) is 3.28. The van der Waals surface area contributed by atoms with Gasteiger partial charge < -0.3 is 5.32 Å². The zero-order valence-electron chi connectivity index (χ0n) is 8.73. The summed E-state index contributed by atoms with van der Waals surface area (Å²) in [7, 11) is 0. The monoisotopic (exact) mass is 305 g/mol. The fourth-order valence-electron chi connectivity index (χ4n) is 1.23. The van der Waals surface area contributed by atoms with Crippen LogP contribution in [0, 0.1) is 0 Å². The summed E-state index contributed by atoms with van der Waals surface area (Å²) < 4.78 is 2.49. The lowest BCUT2D eigenvalue weighted by Crippen LogP contribution is -2.27. The molecule has 5 nitrogen and oxygen atoms in total. The van der Waals surface area contributed by atoms with E-state index in [0.29, 0.717) is 5.69 Å².